The highest BCUT2D eigenvalue weighted by Crippen LogP contribution is 2.29. The molecular formula is C14H19Cl2N3O. The minimum Gasteiger partial charge on any atom is -0.339 e. The average Bonchev–Trinajstić information content (AvgIpc) is 2.76. The van der Waals surface area contributed by atoms with E-state index in [-0.39, 0.29) is 18.3 Å². The van der Waals surface area contributed by atoms with Gasteiger partial charge in [0, 0.05) is 36.9 Å². The number of aromatic nitrogens is 1. The Morgan fingerprint density at radius 1 is 1.40 bits per heavy atom. The van der Waals surface area contributed by atoms with Crippen molar-refractivity contribution in [1.29, 1.82) is 0 Å². The molecule has 2 fully saturated rings. The van der Waals surface area contributed by atoms with Gasteiger partial charge in [-0.15, -0.1) is 12.4 Å². The topological polar surface area (TPSA) is 45.2 Å². The van der Waals surface area contributed by atoms with Gasteiger partial charge in [0.25, 0.3) is 5.91 Å². The Morgan fingerprint density at radius 3 is 2.65 bits per heavy atom. The van der Waals surface area contributed by atoms with Crippen molar-refractivity contribution < 1.29 is 4.79 Å². The summed E-state index contributed by atoms with van der Waals surface area (Å²) in [6.07, 6.45) is 6.17. The molecular weight excluding hydrogens is 297 g/mol. The summed E-state index contributed by atoms with van der Waals surface area (Å²) in [5.41, 5.74) is 0.619. The Labute approximate surface area is 130 Å². The zero-order chi connectivity index (χ0) is 13.4. The third-order valence-electron chi connectivity index (χ3n) is 4.29. The summed E-state index contributed by atoms with van der Waals surface area (Å²) in [6, 6.07) is 4.86. The number of fused-ring (bicyclic) bond motifs is 2. The lowest BCUT2D eigenvalue weighted by Gasteiger charge is -2.35. The molecule has 4 nitrogen and oxygen atoms in total. The molecule has 2 unspecified atom stereocenters. The first-order chi connectivity index (χ1) is 9.13. The average molecular weight is 316 g/mol. The first-order valence-electron chi connectivity index (χ1n) is 6.78. The number of amides is 1. The van der Waals surface area contributed by atoms with E-state index in [1.54, 1.807) is 18.3 Å². The van der Waals surface area contributed by atoms with Gasteiger partial charge in [0.1, 0.15) is 5.15 Å². The lowest BCUT2D eigenvalue weighted by atomic mass is 9.98. The number of halogens is 2. The number of hydrogen-bond acceptors (Lipinski definition) is 3. The van der Waals surface area contributed by atoms with Crippen molar-refractivity contribution in [3.8, 4) is 0 Å². The SMILES string of the molecule is CN(C(=O)c1ccnc(Cl)c1)C1CC2CCC(C1)N2.Cl. The Hall–Kier alpha value is -0.840. The van der Waals surface area contributed by atoms with E-state index in [1.165, 1.54) is 12.8 Å². The van der Waals surface area contributed by atoms with Crippen LogP contribution in [0.25, 0.3) is 0 Å². The Kier molecular flexibility index (Phi) is 4.89. The molecule has 1 amide bonds. The molecule has 1 aromatic rings. The number of carbonyl (C=O) groups is 1. The molecule has 2 saturated heterocycles. The van der Waals surface area contributed by atoms with Crippen LogP contribution in [0.2, 0.25) is 5.15 Å². The molecule has 1 aromatic heterocycles. The molecule has 3 heterocycles. The van der Waals surface area contributed by atoms with E-state index in [0.717, 1.165) is 12.8 Å². The largest absolute Gasteiger partial charge is 0.339 e. The molecule has 110 valence electrons. The van der Waals surface area contributed by atoms with E-state index in [9.17, 15) is 4.79 Å². The highest BCUT2D eigenvalue weighted by atomic mass is 35.5. The van der Waals surface area contributed by atoms with E-state index >= 15 is 0 Å². The van der Waals surface area contributed by atoms with Gasteiger partial charge in [-0.1, -0.05) is 11.6 Å². The molecule has 2 aliphatic heterocycles. The summed E-state index contributed by atoms with van der Waals surface area (Å²) in [6.45, 7) is 0. The van der Waals surface area contributed by atoms with Crippen LogP contribution < -0.4 is 5.32 Å². The van der Waals surface area contributed by atoms with Gasteiger partial charge in [-0.05, 0) is 37.8 Å². The van der Waals surface area contributed by atoms with Crippen molar-refractivity contribution in [2.45, 2.75) is 43.8 Å². The summed E-state index contributed by atoms with van der Waals surface area (Å²) in [5.74, 6) is 0.0376. The molecule has 2 bridgehead atoms. The fraction of sp³-hybridized carbons (Fsp3) is 0.571. The van der Waals surface area contributed by atoms with Crippen molar-refractivity contribution >= 4 is 29.9 Å². The predicted molar refractivity (Wildman–Crippen MR) is 81.6 cm³/mol. The van der Waals surface area contributed by atoms with Gasteiger partial charge in [-0.2, -0.15) is 0 Å². The number of nitrogens with one attached hydrogen (secondary N) is 1. The van der Waals surface area contributed by atoms with Crippen molar-refractivity contribution in [1.82, 2.24) is 15.2 Å². The smallest absolute Gasteiger partial charge is 0.254 e. The molecule has 2 aliphatic rings. The first kappa shape index (κ1) is 15.5. The van der Waals surface area contributed by atoms with Crippen LogP contribution in [0.4, 0.5) is 0 Å². The summed E-state index contributed by atoms with van der Waals surface area (Å²) in [5, 5.41) is 3.96. The zero-order valence-corrected chi connectivity index (χ0v) is 13.0. The van der Waals surface area contributed by atoms with Crippen LogP contribution in [-0.4, -0.2) is 41.0 Å². The van der Waals surface area contributed by atoms with Crippen molar-refractivity contribution in [3.05, 3.63) is 29.0 Å². The maximum Gasteiger partial charge on any atom is 0.254 e. The van der Waals surface area contributed by atoms with Gasteiger partial charge in [-0.25, -0.2) is 4.98 Å². The van der Waals surface area contributed by atoms with Crippen molar-refractivity contribution in [2.75, 3.05) is 7.05 Å². The highest BCUT2D eigenvalue weighted by molar-refractivity contribution is 6.29. The number of hydrogen-bond donors (Lipinski definition) is 1. The number of carbonyl (C=O) groups excluding carboxylic acids is 1. The van der Waals surface area contributed by atoms with Gasteiger partial charge in [0.2, 0.25) is 0 Å². The molecule has 0 saturated carbocycles. The van der Waals surface area contributed by atoms with Crippen LogP contribution in [0.3, 0.4) is 0 Å². The van der Waals surface area contributed by atoms with Gasteiger partial charge >= 0.3 is 0 Å². The second-order valence-electron chi connectivity index (χ2n) is 5.55. The Bertz CT molecular complexity index is 485. The Morgan fingerprint density at radius 2 is 2.05 bits per heavy atom. The van der Waals surface area contributed by atoms with E-state index in [4.69, 9.17) is 11.6 Å². The normalized spacial score (nSPS) is 27.8. The van der Waals surface area contributed by atoms with E-state index < -0.39 is 0 Å². The molecule has 3 rings (SSSR count). The monoisotopic (exact) mass is 315 g/mol. The molecule has 0 spiro atoms. The van der Waals surface area contributed by atoms with Gasteiger partial charge in [-0.3, -0.25) is 4.79 Å². The lowest BCUT2D eigenvalue weighted by Crippen LogP contribution is -2.48. The number of piperidine rings is 1. The van der Waals surface area contributed by atoms with Gasteiger partial charge in [0.15, 0.2) is 0 Å². The third kappa shape index (κ3) is 3.08. The van der Waals surface area contributed by atoms with E-state index in [2.05, 4.69) is 10.3 Å². The maximum atomic E-state index is 12.4. The fourth-order valence-corrected chi connectivity index (χ4v) is 3.42. The van der Waals surface area contributed by atoms with E-state index in [0.29, 0.717) is 28.8 Å². The van der Waals surface area contributed by atoms with Gasteiger partial charge in [0.05, 0.1) is 0 Å². The summed E-state index contributed by atoms with van der Waals surface area (Å²) >= 11 is 5.84. The third-order valence-corrected chi connectivity index (χ3v) is 4.50. The predicted octanol–water partition coefficient (Wildman–Crippen LogP) is 2.51. The summed E-state index contributed by atoms with van der Waals surface area (Å²) < 4.78 is 0. The number of rotatable bonds is 2. The fourth-order valence-electron chi connectivity index (χ4n) is 3.25. The quantitative estimate of drug-likeness (QED) is 0.853. The summed E-state index contributed by atoms with van der Waals surface area (Å²) in [7, 11) is 1.89. The maximum absolute atomic E-state index is 12.4. The van der Waals surface area contributed by atoms with Crippen molar-refractivity contribution in [2.24, 2.45) is 0 Å². The summed E-state index contributed by atoms with van der Waals surface area (Å²) in [4.78, 5) is 18.2. The van der Waals surface area contributed by atoms with Crippen LogP contribution >= 0.6 is 24.0 Å². The van der Waals surface area contributed by atoms with Crippen LogP contribution in [0, 0.1) is 0 Å². The van der Waals surface area contributed by atoms with Gasteiger partial charge < -0.3 is 10.2 Å². The van der Waals surface area contributed by atoms with E-state index in [1.807, 2.05) is 11.9 Å². The van der Waals surface area contributed by atoms with Crippen LogP contribution in [-0.2, 0) is 0 Å². The highest BCUT2D eigenvalue weighted by Gasteiger charge is 2.36. The standard InChI is InChI=1S/C14H18ClN3O.ClH/c1-18(12-7-10-2-3-11(8-12)17-10)14(19)9-4-5-16-13(15)6-9;/h4-6,10-12,17H,2-3,7-8H2,1H3;1H. The molecule has 20 heavy (non-hydrogen) atoms. The van der Waals surface area contributed by atoms with Crippen LogP contribution in [0.5, 0.6) is 0 Å². The second kappa shape index (κ2) is 6.29. The molecule has 1 N–H and O–H groups in total. The van der Waals surface area contributed by atoms with Crippen LogP contribution in [0.15, 0.2) is 18.3 Å². The number of nitrogens with zero attached hydrogens (tertiary/aromatic N) is 2. The molecule has 0 aromatic carbocycles. The minimum absolute atomic E-state index is 0. The number of pyridine rings is 1. The molecule has 0 aliphatic carbocycles. The lowest BCUT2D eigenvalue weighted by molar-refractivity contribution is 0.0681. The molecule has 2 atom stereocenters. The first-order valence-corrected chi connectivity index (χ1v) is 7.16. The van der Waals surface area contributed by atoms with Crippen molar-refractivity contribution in [3.63, 3.8) is 0 Å². The molecule has 6 heteroatoms. The second-order valence-corrected chi connectivity index (χ2v) is 5.93. The van der Waals surface area contributed by atoms with Crippen LogP contribution in [0.1, 0.15) is 36.0 Å². The molecule has 0 radical (unpaired) electrons. The zero-order valence-electron chi connectivity index (χ0n) is 11.4. The minimum atomic E-state index is 0. The Balaban J connectivity index is 0.00000147.